The number of ether oxygens (including phenoxy) is 2. The number of methoxy groups -OCH3 is 2. The van der Waals surface area contributed by atoms with Gasteiger partial charge in [-0.15, -0.1) is 0 Å². The summed E-state index contributed by atoms with van der Waals surface area (Å²) in [4.78, 5) is 80.4. The molecule has 2 saturated heterocycles. The molecule has 0 saturated carbocycles. The summed E-state index contributed by atoms with van der Waals surface area (Å²) < 4.78 is 15.6. The van der Waals surface area contributed by atoms with Gasteiger partial charge in [0.2, 0.25) is 23.6 Å². The third-order valence-corrected chi connectivity index (χ3v) is 10.1. The number of H-pyrrole nitrogens is 1. The Morgan fingerprint density at radius 2 is 1.49 bits per heavy atom. The first-order valence-electron chi connectivity index (χ1n) is 18.6. The first-order valence-corrected chi connectivity index (χ1v) is 18.6. The van der Waals surface area contributed by atoms with E-state index < -0.39 is 30.3 Å². The van der Waals surface area contributed by atoms with Crippen LogP contribution in [0, 0.1) is 11.8 Å². The number of hydrogen-bond donors (Lipinski definition) is 4. The van der Waals surface area contributed by atoms with Crippen molar-refractivity contribution in [3.8, 4) is 22.8 Å². The van der Waals surface area contributed by atoms with Gasteiger partial charge in [0.15, 0.2) is 5.76 Å². The van der Waals surface area contributed by atoms with Crippen molar-refractivity contribution in [2.75, 3.05) is 32.6 Å². The Hall–Kier alpha value is -5.93. The maximum atomic E-state index is 13.6. The maximum absolute atomic E-state index is 13.6. The van der Waals surface area contributed by atoms with E-state index in [0.717, 1.165) is 29.4 Å². The van der Waals surface area contributed by atoms with Crippen molar-refractivity contribution in [2.24, 2.45) is 11.8 Å². The molecule has 4 aromatic rings. The van der Waals surface area contributed by atoms with Gasteiger partial charge in [0.05, 0.1) is 37.5 Å². The van der Waals surface area contributed by atoms with Crippen LogP contribution in [0.1, 0.15) is 65.2 Å². The minimum atomic E-state index is -0.825. The van der Waals surface area contributed by atoms with Gasteiger partial charge in [0.1, 0.15) is 23.9 Å². The molecule has 4 N–H and O–H groups in total. The van der Waals surface area contributed by atoms with Crippen molar-refractivity contribution < 1.29 is 37.9 Å². The zero-order valence-corrected chi connectivity index (χ0v) is 31.9. The van der Waals surface area contributed by atoms with E-state index in [0.29, 0.717) is 54.7 Å². The number of benzene rings is 2. The summed E-state index contributed by atoms with van der Waals surface area (Å²) in [6, 6.07) is 10.3. The highest BCUT2D eigenvalue weighted by Crippen LogP contribution is 2.34. The molecule has 0 radical (unpaired) electrons. The van der Waals surface area contributed by atoms with Crippen molar-refractivity contribution in [2.45, 2.75) is 77.5 Å². The Morgan fingerprint density at radius 3 is 2.16 bits per heavy atom. The number of amides is 5. The molecule has 2 aliphatic rings. The first kappa shape index (κ1) is 38.8. The highest BCUT2D eigenvalue weighted by Gasteiger charge is 2.40. The van der Waals surface area contributed by atoms with Crippen LogP contribution in [0.4, 0.5) is 15.3 Å². The molecule has 55 heavy (non-hydrogen) atoms. The molecule has 292 valence electrons. The van der Waals surface area contributed by atoms with E-state index in [1.54, 1.807) is 29.3 Å². The van der Waals surface area contributed by atoms with Crippen molar-refractivity contribution in [1.29, 1.82) is 0 Å². The van der Waals surface area contributed by atoms with Gasteiger partial charge in [-0.2, -0.15) is 0 Å². The number of nitrogens with zero attached hydrogens (tertiary/aromatic N) is 4. The molecule has 16 nitrogen and oxygen atoms in total. The summed E-state index contributed by atoms with van der Waals surface area (Å²) in [7, 11) is 2.51. The fourth-order valence-electron chi connectivity index (χ4n) is 7.21. The molecule has 5 amide bonds. The Kier molecular flexibility index (Phi) is 11.7. The highest BCUT2D eigenvalue weighted by atomic mass is 16.5. The van der Waals surface area contributed by atoms with E-state index in [2.05, 4.69) is 25.9 Å². The van der Waals surface area contributed by atoms with Crippen LogP contribution in [0.3, 0.4) is 0 Å². The Labute approximate surface area is 318 Å². The molecule has 6 rings (SSSR count). The molecule has 4 atom stereocenters. The molecule has 4 heterocycles. The second-order valence-electron chi connectivity index (χ2n) is 14.5. The number of aromatic amines is 1. The summed E-state index contributed by atoms with van der Waals surface area (Å²) >= 11 is 0. The largest absolute Gasteiger partial charge is 0.453 e. The van der Waals surface area contributed by atoms with Crippen LogP contribution >= 0.6 is 0 Å². The third-order valence-electron chi connectivity index (χ3n) is 10.1. The summed E-state index contributed by atoms with van der Waals surface area (Å²) in [5.41, 5.74) is 3.42. The van der Waals surface area contributed by atoms with E-state index >= 15 is 0 Å². The lowest BCUT2D eigenvalue weighted by Gasteiger charge is -2.30. The second-order valence-corrected chi connectivity index (χ2v) is 14.5. The summed E-state index contributed by atoms with van der Waals surface area (Å²) in [5, 5.41) is 8.22. The molecule has 2 aromatic heterocycles. The van der Waals surface area contributed by atoms with Gasteiger partial charge >= 0.3 is 12.2 Å². The SMILES string of the molecule is COC(=O)NC(C(=O)N1CCC[C@H]1c1nc2ccc(-c3cnc(-c4cccc(NC(=O)[C@@H]5CCCN5C(=O)[C@@H](NC(=O)OC)C(C)C)c4)o3)cc2[nH]1)C(C)C. The van der Waals surface area contributed by atoms with Crippen LogP contribution < -0.4 is 16.0 Å². The topological polar surface area (TPSA) is 201 Å². The average Bonchev–Trinajstić information content (AvgIpc) is 4.01. The van der Waals surface area contributed by atoms with Crippen molar-refractivity contribution in [1.82, 2.24) is 35.4 Å². The number of oxazole rings is 1. The van der Waals surface area contributed by atoms with Crippen molar-refractivity contribution >= 4 is 46.6 Å². The fourth-order valence-corrected chi connectivity index (χ4v) is 7.21. The number of rotatable bonds is 11. The number of imidazole rings is 1. The molecule has 2 aliphatic heterocycles. The third kappa shape index (κ3) is 8.42. The lowest BCUT2D eigenvalue weighted by Crippen LogP contribution is -2.54. The number of nitrogens with one attached hydrogen (secondary N) is 4. The Morgan fingerprint density at radius 1 is 0.836 bits per heavy atom. The van der Waals surface area contributed by atoms with Crippen LogP contribution in [0.5, 0.6) is 0 Å². The van der Waals surface area contributed by atoms with E-state index in [-0.39, 0.29) is 35.6 Å². The predicted molar refractivity (Wildman–Crippen MR) is 202 cm³/mol. The monoisotopic (exact) mass is 756 g/mol. The number of alkyl carbamates (subject to hydrolysis) is 2. The molecule has 2 fully saturated rings. The Bertz CT molecular complexity index is 2060. The predicted octanol–water partition coefficient (Wildman–Crippen LogP) is 5.24. The van der Waals surface area contributed by atoms with Crippen molar-refractivity contribution in [3.63, 3.8) is 0 Å². The molecule has 1 unspecified atom stereocenters. The Balaban J connectivity index is 1.14. The van der Waals surface area contributed by atoms with Gasteiger partial charge in [0.25, 0.3) is 0 Å². The minimum Gasteiger partial charge on any atom is -0.453 e. The van der Waals surface area contributed by atoms with Crippen LogP contribution in [0.2, 0.25) is 0 Å². The molecule has 0 aliphatic carbocycles. The van der Waals surface area contributed by atoms with E-state index in [4.69, 9.17) is 18.9 Å². The molecule has 0 spiro atoms. The maximum Gasteiger partial charge on any atom is 0.407 e. The van der Waals surface area contributed by atoms with Gasteiger partial charge in [-0.25, -0.2) is 19.6 Å². The van der Waals surface area contributed by atoms with Gasteiger partial charge in [-0.3, -0.25) is 14.4 Å². The average molecular weight is 757 g/mol. The number of carbonyl (C=O) groups is 5. The highest BCUT2D eigenvalue weighted by molar-refractivity contribution is 5.99. The molecular formula is C39H48N8O8. The standard InChI is InChI=1S/C39H48N8O8/c1-21(2)31(44-38(51)53-5)36(49)46-16-8-12-28(46)33-42-26-15-14-23(19-27(26)43-33)30-20-40-35(55-30)24-10-7-11-25(18-24)41-34(48)29-13-9-17-47(29)37(50)32(22(3)4)45-39(52)54-6/h7,10-11,14-15,18-22,28-29,31-32H,8-9,12-13,16-17H2,1-6H3,(H,41,48)(H,42,43)(H,44,51)(H,45,52)/t28-,29-,31?,32-/m0/s1. The zero-order chi connectivity index (χ0) is 39.4. The molecule has 0 bridgehead atoms. The summed E-state index contributed by atoms with van der Waals surface area (Å²) in [5.74, 6) is 0.356. The lowest BCUT2D eigenvalue weighted by atomic mass is 10.0. The summed E-state index contributed by atoms with van der Waals surface area (Å²) in [6.45, 7) is 8.36. The van der Waals surface area contributed by atoms with E-state index in [1.807, 2.05) is 52.0 Å². The fraction of sp³-hybridized carbons (Fsp3) is 0.462. The summed E-state index contributed by atoms with van der Waals surface area (Å²) in [6.07, 6.45) is 2.97. The van der Waals surface area contributed by atoms with Crippen LogP contribution in [0.25, 0.3) is 33.8 Å². The van der Waals surface area contributed by atoms with Gasteiger partial charge in [0, 0.05) is 29.9 Å². The number of anilines is 1. The number of aromatic nitrogens is 3. The number of fused-ring (bicyclic) bond motifs is 1. The van der Waals surface area contributed by atoms with Gasteiger partial charge in [-0.05, 0) is 73.9 Å². The second kappa shape index (κ2) is 16.6. The quantitative estimate of drug-likeness (QED) is 0.157. The number of likely N-dealkylation sites (tertiary alicyclic amines) is 2. The minimum absolute atomic E-state index is 0.138. The van der Waals surface area contributed by atoms with Gasteiger partial charge in [-0.1, -0.05) is 33.8 Å². The molecule has 2 aromatic carbocycles. The smallest absolute Gasteiger partial charge is 0.407 e. The zero-order valence-electron chi connectivity index (χ0n) is 31.9. The van der Waals surface area contributed by atoms with Crippen LogP contribution in [-0.4, -0.2) is 100 Å². The normalized spacial score (nSPS) is 18.0. The van der Waals surface area contributed by atoms with Crippen molar-refractivity contribution in [3.05, 3.63) is 54.5 Å². The van der Waals surface area contributed by atoms with Crippen LogP contribution in [-0.2, 0) is 23.9 Å². The number of hydrogen-bond acceptors (Lipinski definition) is 10. The van der Waals surface area contributed by atoms with E-state index in [9.17, 15) is 24.0 Å². The molecule has 16 heteroatoms. The molecular weight excluding hydrogens is 708 g/mol. The van der Waals surface area contributed by atoms with Crippen LogP contribution in [0.15, 0.2) is 53.1 Å². The first-order chi connectivity index (χ1) is 26.4. The van der Waals surface area contributed by atoms with E-state index in [1.165, 1.54) is 19.1 Å². The van der Waals surface area contributed by atoms with Gasteiger partial charge < -0.3 is 44.6 Å². The lowest BCUT2D eigenvalue weighted by molar-refractivity contribution is -0.139. The number of carbonyl (C=O) groups excluding carboxylic acids is 5.